The van der Waals surface area contributed by atoms with Gasteiger partial charge in [-0.3, -0.25) is 4.79 Å². The minimum Gasteiger partial charge on any atom is -0.342 e. The van der Waals surface area contributed by atoms with Crippen molar-refractivity contribution in [2.24, 2.45) is 0 Å². The molecular formula is C17H17N3O3S2. The number of aromatic nitrogens is 1. The van der Waals surface area contributed by atoms with Gasteiger partial charge < -0.3 is 10.2 Å². The van der Waals surface area contributed by atoms with E-state index in [-0.39, 0.29) is 17.3 Å². The summed E-state index contributed by atoms with van der Waals surface area (Å²) in [7, 11) is -1.43. The van der Waals surface area contributed by atoms with Crippen LogP contribution in [0.5, 0.6) is 0 Å². The van der Waals surface area contributed by atoms with Crippen molar-refractivity contribution in [2.75, 3.05) is 30.1 Å². The summed E-state index contributed by atoms with van der Waals surface area (Å²) in [5, 5.41) is 3.52. The highest BCUT2D eigenvalue weighted by molar-refractivity contribution is 7.90. The molecule has 0 bridgehead atoms. The number of thiazole rings is 1. The lowest BCUT2D eigenvalue weighted by atomic mass is 10.3. The molecule has 25 heavy (non-hydrogen) atoms. The molecule has 3 rings (SSSR count). The Kier molecular flexibility index (Phi) is 4.73. The number of anilines is 2. The number of benzene rings is 2. The second-order valence-corrected chi connectivity index (χ2v) is 8.69. The minimum atomic E-state index is -3.24. The molecule has 1 heterocycles. The molecule has 1 amide bonds. The molecule has 0 saturated carbocycles. The number of carbonyl (C=O) groups is 1. The molecule has 0 aliphatic carbocycles. The van der Waals surface area contributed by atoms with Gasteiger partial charge in [0.1, 0.15) is 0 Å². The summed E-state index contributed by atoms with van der Waals surface area (Å²) in [6.07, 6.45) is 1.15. The second-order valence-electron chi connectivity index (χ2n) is 5.66. The van der Waals surface area contributed by atoms with E-state index < -0.39 is 9.84 Å². The zero-order valence-corrected chi connectivity index (χ0v) is 15.4. The van der Waals surface area contributed by atoms with Gasteiger partial charge in [-0.2, -0.15) is 0 Å². The molecule has 0 saturated heterocycles. The van der Waals surface area contributed by atoms with Crippen LogP contribution in [0.15, 0.2) is 53.4 Å². The third kappa shape index (κ3) is 4.15. The third-order valence-electron chi connectivity index (χ3n) is 3.56. The van der Waals surface area contributed by atoms with Crippen LogP contribution < -0.4 is 10.2 Å². The lowest BCUT2D eigenvalue weighted by molar-refractivity contribution is -0.114. The topological polar surface area (TPSA) is 79.4 Å². The van der Waals surface area contributed by atoms with Crippen molar-refractivity contribution < 1.29 is 13.2 Å². The molecule has 2 aromatic carbocycles. The molecule has 0 radical (unpaired) electrons. The first-order valence-corrected chi connectivity index (χ1v) is 10.2. The van der Waals surface area contributed by atoms with Crippen LogP contribution in [0.4, 0.5) is 10.8 Å². The summed E-state index contributed by atoms with van der Waals surface area (Å²) >= 11 is 1.53. The summed E-state index contributed by atoms with van der Waals surface area (Å²) in [5.41, 5.74) is 1.46. The Hall–Kier alpha value is -2.45. The number of amides is 1. The predicted molar refractivity (Wildman–Crippen MR) is 101 cm³/mol. The number of likely N-dealkylation sites (N-methyl/N-ethyl adjacent to an activating group) is 1. The first-order chi connectivity index (χ1) is 11.8. The molecule has 0 spiro atoms. The highest BCUT2D eigenvalue weighted by Crippen LogP contribution is 2.27. The monoisotopic (exact) mass is 375 g/mol. The van der Waals surface area contributed by atoms with Crippen LogP contribution in [-0.2, 0) is 14.6 Å². The molecule has 0 fully saturated rings. The highest BCUT2D eigenvalue weighted by atomic mass is 32.2. The Morgan fingerprint density at radius 2 is 1.84 bits per heavy atom. The van der Waals surface area contributed by atoms with Gasteiger partial charge in [-0.05, 0) is 36.4 Å². The maximum absolute atomic E-state index is 12.2. The Balaban J connectivity index is 1.65. The first kappa shape index (κ1) is 17.4. The van der Waals surface area contributed by atoms with Crippen molar-refractivity contribution in [3.63, 3.8) is 0 Å². The fraction of sp³-hybridized carbons (Fsp3) is 0.176. The average Bonchev–Trinajstić information content (AvgIpc) is 2.98. The molecular weight excluding hydrogens is 358 g/mol. The zero-order chi connectivity index (χ0) is 18.0. The Morgan fingerprint density at radius 1 is 1.16 bits per heavy atom. The van der Waals surface area contributed by atoms with Gasteiger partial charge in [0.05, 0.1) is 21.7 Å². The van der Waals surface area contributed by atoms with Gasteiger partial charge in [0.25, 0.3) is 0 Å². The number of fused-ring (bicyclic) bond motifs is 1. The van der Waals surface area contributed by atoms with Crippen LogP contribution in [-0.4, -0.2) is 39.2 Å². The average molecular weight is 375 g/mol. The quantitative estimate of drug-likeness (QED) is 0.742. The van der Waals surface area contributed by atoms with Gasteiger partial charge in [0.15, 0.2) is 15.0 Å². The Labute approximate surface area is 150 Å². The number of nitrogens with zero attached hydrogens (tertiary/aromatic N) is 2. The lowest BCUT2D eigenvalue weighted by Gasteiger charge is -2.15. The van der Waals surface area contributed by atoms with Gasteiger partial charge >= 0.3 is 0 Å². The van der Waals surface area contributed by atoms with Crippen molar-refractivity contribution in [3.05, 3.63) is 48.5 Å². The fourth-order valence-corrected chi connectivity index (χ4v) is 3.85. The zero-order valence-electron chi connectivity index (χ0n) is 13.8. The van der Waals surface area contributed by atoms with Crippen molar-refractivity contribution in [1.82, 2.24) is 4.98 Å². The van der Waals surface area contributed by atoms with E-state index in [2.05, 4.69) is 10.3 Å². The number of rotatable bonds is 5. The maximum Gasteiger partial charge on any atom is 0.243 e. The van der Waals surface area contributed by atoms with Crippen molar-refractivity contribution >= 4 is 48.1 Å². The number of nitrogens with one attached hydrogen (secondary N) is 1. The van der Waals surface area contributed by atoms with Crippen LogP contribution in [0.3, 0.4) is 0 Å². The van der Waals surface area contributed by atoms with Gasteiger partial charge in [-0.25, -0.2) is 13.4 Å². The Bertz CT molecular complexity index is 978. The normalized spacial score (nSPS) is 11.4. The molecule has 0 aliphatic heterocycles. The van der Waals surface area contributed by atoms with Crippen LogP contribution in [0.25, 0.3) is 10.2 Å². The predicted octanol–water partition coefficient (Wildman–Crippen LogP) is 2.77. The number of hydrogen-bond donors (Lipinski definition) is 1. The van der Waals surface area contributed by atoms with Gasteiger partial charge in [-0.15, -0.1) is 0 Å². The number of sulfone groups is 1. The van der Waals surface area contributed by atoms with E-state index in [0.29, 0.717) is 5.69 Å². The van der Waals surface area contributed by atoms with Crippen molar-refractivity contribution in [1.29, 1.82) is 0 Å². The van der Waals surface area contributed by atoms with Crippen molar-refractivity contribution in [3.8, 4) is 0 Å². The molecule has 8 heteroatoms. The molecule has 0 aliphatic rings. The second kappa shape index (κ2) is 6.81. The molecule has 0 unspecified atom stereocenters. The van der Waals surface area contributed by atoms with E-state index in [4.69, 9.17) is 0 Å². The van der Waals surface area contributed by atoms with Crippen LogP contribution in [0.2, 0.25) is 0 Å². The van der Waals surface area contributed by atoms with Crippen LogP contribution in [0, 0.1) is 0 Å². The number of hydrogen-bond acceptors (Lipinski definition) is 6. The van der Waals surface area contributed by atoms with Gasteiger partial charge in [-0.1, -0.05) is 23.5 Å². The molecule has 3 aromatic rings. The number of para-hydroxylation sites is 1. The standard InChI is InChI=1S/C17H17N3O3S2/c1-20(17-19-14-5-3-4-6-15(14)24-17)11-16(21)18-12-7-9-13(10-8-12)25(2,22)23/h3-10H,11H2,1-2H3,(H,18,21). The first-order valence-electron chi connectivity index (χ1n) is 7.49. The summed E-state index contributed by atoms with van der Waals surface area (Å²) < 4.78 is 24.0. The molecule has 130 valence electrons. The van der Waals surface area contributed by atoms with E-state index in [9.17, 15) is 13.2 Å². The van der Waals surface area contributed by atoms with Crippen LogP contribution in [0.1, 0.15) is 0 Å². The van der Waals surface area contributed by atoms with E-state index in [1.54, 1.807) is 17.0 Å². The van der Waals surface area contributed by atoms with E-state index >= 15 is 0 Å². The minimum absolute atomic E-state index is 0.146. The molecule has 1 N–H and O–H groups in total. The van der Waals surface area contributed by atoms with Crippen molar-refractivity contribution in [2.45, 2.75) is 4.90 Å². The van der Waals surface area contributed by atoms with Gasteiger partial charge in [0, 0.05) is 19.0 Å². The summed E-state index contributed by atoms with van der Waals surface area (Å²) in [6.45, 7) is 0.146. The summed E-state index contributed by atoms with van der Waals surface area (Å²) in [4.78, 5) is 18.7. The third-order valence-corrected chi connectivity index (χ3v) is 5.84. The number of carbonyl (C=O) groups excluding carboxylic acids is 1. The van der Waals surface area contributed by atoms with E-state index in [1.165, 1.54) is 23.5 Å². The fourth-order valence-electron chi connectivity index (χ4n) is 2.29. The van der Waals surface area contributed by atoms with E-state index in [0.717, 1.165) is 21.6 Å². The SMILES string of the molecule is CN(CC(=O)Nc1ccc(S(C)(=O)=O)cc1)c1nc2ccccc2s1. The smallest absolute Gasteiger partial charge is 0.243 e. The maximum atomic E-state index is 12.2. The molecule has 1 aromatic heterocycles. The molecule has 0 atom stereocenters. The van der Waals surface area contributed by atoms with Gasteiger partial charge in [0.2, 0.25) is 5.91 Å². The largest absolute Gasteiger partial charge is 0.342 e. The lowest BCUT2D eigenvalue weighted by Crippen LogP contribution is -2.29. The highest BCUT2D eigenvalue weighted by Gasteiger charge is 2.13. The summed E-state index contributed by atoms with van der Waals surface area (Å²) in [5.74, 6) is -0.200. The Morgan fingerprint density at radius 3 is 2.48 bits per heavy atom. The summed E-state index contributed by atoms with van der Waals surface area (Å²) in [6, 6.07) is 13.9. The molecule has 6 nitrogen and oxygen atoms in total. The van der Waals surface area contributed by atoms with E-state index in [1.807, 2.05) is 31.3 Å². The van der Waals surface area contributed by atoms with Crippen LogP contribution >= 0.6 is 11.3 Å².